The van der Waals surface area contributed by atoms with Gasteiger partial charge in [-0.2, -0.15) is 10.1 Å². The SMILES string of the molecule is N#CCc1ccc(NC(=O)COC(=O)Cn2nnc(-c3cccs3)n2)cc1. The fraction of sp³-hybridized carbons (Fsp3) is 0.176. The third-order valence-electron chi connectivity index (χ3n) is 3.35. The molecule has 0 fully saturated rings. The summed E-state index contributed by atoms with van der Waals surface area (Å²) >= 11 is 1.46. The highest BCUT2D eigenvalue weighted by Crippen LogP contribution is 2.19. The predicted molar refractivity (Wildman–Crippen MR) is 96.5 cm³/mol. The Morgan fingerprint density at radius 3 is 2.78 bits per heavy atom. The van der Waals surface area contributed by atoms with Crippen LogP contribution < -0.4 is 5.32 Å². The lowest BCUT2D eigenvalue weighted by atomic mass is 10.1. The second kappa shape index (κ2) is 8.68. The first-order chi connectivity index (χ1) is 13.1. The van der Waals surface area contributed by atoms with E-state index >= 15 is 0 Å². The van der Waals surface area contributed by atoms with Gasteiger partial charge in [0.05, 0.1) is 17.4 Å². The molecule has 1 amide bonds. The summed E-state index contributed by atoms with van der Waals surface area (Å²) in [4.78, 5) is 25.6. The van der Waals surface area contributed by atoms with E-state index in [1.165, 1.54) is 11.3 Å². The predicted octanol–water partition coefficient (Wildman–Crippen LogP) is 1.65. The molecule has 1 aromatic carbocycles. The number of esters is 1. The molecule has 136 valence electrons. The van der Waals surface area contributed by atoms with E-state index in [0.29, 0.717) is 17.9 Å². The minimum absolute atomic E-state index is 0.242. The first-order valence-electron chi connectivity index (χ1n) is 7.87. The van der Waals surface area contributed by atoms with E-state index in [1.54, 1.807) is 24.3 Å². The number of aromatic nitrogens is 4. The van der Waals surface area contributed by atoms with Gasteiger partial charge in [-0.3, -0.25) is 4.79 Å². The topological polar surface area (TPSA) is 123 Å². The summed E-state index contributed by atoms with van der Waals surface area (Å²) < 4.78 is 4.92. The molecule has 10 heteroatoms. The van der Waals surface area contributed by atoms with E-state index in [2.05, 4.69) is 20.7 Å². The van der Waals surface area contributed by atoms with Crippen LogP contribution in [0.15, 0.2) is 41.8 Å². The molecule has 1 N–H and O–H groups in total. The van der Waals surface area contributed by atoms with Crippen molar-refractivity contribution in [3.63, 3.8) is 0 Å². The average molecular weight is 382 g/mol. The lowest BCUT2D eigenvalue weighted by Gasteiger charge is -2.06. The number of nitrogens with one attached hydrogen (secondary N) is 1. The molecule has 0 bridgehead atoms. The molecule has 2 heterocycles. The molecule has 0 aliphatic heterocycles. The zero-order chi connectivity index (χ0) is 19.1. The number of hydrogen-bond donors (Lipinski definition) is 1. The molecule has 0 radical (unpaired) electrons. The van der Waals surface area contributed by atoms with Crippen molar-refractivity contribution in [2.75, 3.05) is 11.9 Å². The summed E-state index contributed by atoms with van der Waals surface area (Å²) in [7, 11) is 0. The van der Waals surface area contributed by atoms with E-state index in [-0.39, 0.29) is 6.54 Å². The Kier molecular flexibility index (Phi) is 5.86. The summed E-state index contributed by atoms with van der Waals surface area (Å²) in [5, 5.41) is 24.9. The highest BCUT2D eigenvalue weighted by Gasteiger charge is 2.12. The Bertz CT molecular complexity index is 959. The maximum atomic E-state index is 11.8. The molecular formula is C17H14N6O3S. The summed E-state index contributed by atoms with van der Waals surface area (Å²) in [6.07, 6.45) is 0.302. The molecule has 0 saturated carbocycles. The van der Waals surface area contributed by atoms with Crippen LogP contribution in [0.25, 0.3) is 10.7 Å². The number of benzene rings is 1. The number of nitriles is 1. The Hall–Kier alpha value is -3.58. The summed E-state index contributed by atoms with van der Waals surface area (Å²) in [5.74, 6) is -0.692. The van der Waals surface area contributed by atoms with Gasteiger partial charge in [0.1, 0.15) is 0 Å². The number of anilines is 1. The number of nitrogens with zero attached hydrogens (tertiary/aromatic N) is 5. The fourth-order valence-electron chi connectivity index (χ4n) is 2.12. The van der Waals surface area contributed by atoms with E-state index < -0.39 is 18.5 Å². The number of carbonyl (C=O) groups is 2. The molecule has 0 saturated heterocycles. The van der Waals surface area contributed by atoms with Gasteiger partial charge in [0.25, 0.3) is 5.91 Å². The van der Waals surface area contributed by atoms with Crippen LogP contribution in [0.5, 0.6) is 0 Å². The number of thiophene rings is 1. The van der Waals surface area contributed by atoms with Crippen molar-refractivity contribution in [2.45, 2.75) is 13.0 Å². The Morgan fingerprint density at radius 2 is 2.07 bits per heavy atom. The molecule has 9 nitrogen and oxygen atoms in total. The van der Waals surface area contributed by atoms with Crippen LogP contribution in [0, 0.1) is 11.3 Å². The number of ether oxygens (including phenoxy) is 1. The van der Waals surface area contributed by atoms with Gasteiger partial charge in [-0.1, -0.05) is 18.2 Å². The number of tetrazole rings is 1. The first kappa shape index (κ1) is 18.2. The van der Waals surface area contributed by atoms with E-state index in [1.807, 2.05) is 23.6 Å². The van der Waals surface area contributed by atoms with Crippen molar-refractivity contribution < 1.29 is 14.3 Å². The largest absolute Gasteiger partial charge is 0.454 e. The molecule has 2 aromatic heterocycles. The maximum Gasteiger partial charge on any atom is 0.330 e. The van der Waals surface area contributed by atoms with Crippen molar-refractivity contribution >= 4 is 28.9 Å². The zero-order valence-corrected chi connectivity index (χ0v) is 14.8. The lowest BCUT2D eigenvalue weighted by Crippen LogP contribution is -2.23. The molecule has 0 aliphatic carbocycles. The average Bonchev–Trinajstić information content (AvgIpc) is 3.33. The Labute approximate surface area is 158 Å². The van der Waals surface area contributed by atoms with Crippen molar-refractivity contribution in [2.24, 2.45) is 0 Å². The van der Waals surface area contributed by atoms with Crippen molar-refractivity contribution in [1.82, 2.24) is 20.2 Å². The van der Waals surface area contributed by atoms with Crippen LogP contribution in [0.2, 0.25) is 0 Å². The van der Waals surface area contributed by atoms with Crippen LogP contribution in [0.4, 0.5) is 5.69 Å². The molecule has 0 unspecified atom stereocenters. The van der Waals surface area contributed by atoms with Crippen molar-refractivity contribution in [3.8, 4) is 16.8 Å². The van der Waals surface area contributed by atoms with Gasteiger partial charge in [0.2, 0.25) is 5.82 Å². The number of rotatable bonds is 7. The van der Waals surface area contributed by atoms with Gasteiger partial charge in [0.15, 0.2) is 13.2 Å². The molecule has 27 heavy (non-hydrogen) atoms. The third-order valence-corrected chi connectivity index (χ3v) is 4.22. The molecule has 0 spiro atoms. The molecule has 0 aliphatic rings. The Morgan fingerprint density at radius 1 is 1.26 bits per heavy atom. The van der Waals surface area contributed by atoms with Gasteiger partial charge < -0.3 is 10.1 Å². The van der Waals surface area contributed by atoms with Crippen molar-refractivity contribution in [1.29, 1.82) is 5.26 Å². The number of hydrogen-bond acceptors (Lipinski definition) is 8. The second-order valence-corrected chi connectivity index (χ2v) is 6.31. The van der Waals surface area contributed by atoms with E-state index in [9.17, 15) is 9.59 Å². The molecule has 3 aromatic rings. The summed E-state index contributed by atoms with van der Waals surface area (Å²) in [6.45, 7) is -0.667. The minimum Gasteiger partial charge on any atom is -0.454 e. The fourth-order valence-corrected chi connectivity index (χ4v) is 2.76. The standard InChI is InChI=1S/C17H14N6O3S/c18-8-7-12-3-5-13(6-4-12)19-15(24)11-26-16(25)10-23-21-17(20-22-23)14-2-1-9-27-14/h1-6,9H,7,10-11H2,(H,19,24). The molecule has 0 atom stereocenters. The van der Waals surface area contributed by atoms with Gasteiger partial charge in [-0.25, -0.2) is 4.79 Å². The van der Waals surface area contributed by atoms with Crippen LogP contribution in [-0.4, -0.2) is 38.7 Å². The highest BCUT2D eigenvalue weighted by molar-refractivity contribution is 7.13. The van der Waals surface area contributed by atoms with Gasteiger partial charge in [0, 0.05) is 5.69 Å². The Balaban J connectivity index is 1.44. The molecular weight excluding hydrogens is 368 g/mol. The number of carbonyl (C=O) groups excluding carboxylic acids is 2. The monoisotopic (exact) mass is 382 g/mol. The van der Waals surface area contributed by atoms with Gasteiger partial charge >= 0.3 is 5.97 Å². The normalized spacial score (nSPS) is 10.2. The molecule has 3 rings (SSSR count). The summed E-state index contributed by atoms with van der Waals surface area (Å²) in [5.41, 5.74) is 1.40. The smallest absolute Gasteiger partial charge is 0.330 e. The maximum absolute atomic E-state index is 11.8. The highest BCUT2D eigenvalue weighted by atomic mass is 32.1. The lowest BCUT2D eigenvalue weighted by molar-refractivity contribution is -0.148. The third kappa shape index (κ3) is 5.20. The quantitative estimate of drug-likeness (QED) is 0.616. The van der Waals surface area contributed by atoms with Crippen LogP contribution >= 0.6 is 11.3 Å². The number of amides is 1. The van der Waals surface area contributed by atoms with E-state index in [0.717, 1.165) is 15.2 Å². The van der Waals surface area contributed by atoms with E-state index in [4.69, 9.17) is 10.00 Å². The second-order valence-electron chi connectivity index (χ2n) is 5.36. The zero-order valence-electron chi connectivity index (χ0n) is 14.0. The van der Waals surface area contributed by atoms with Crippen LogP contribution in [-0.2, 0) is 27.3 Å². The first-order valence-corrected chi connectivity index (χ1v) is 8.75. The minimum atomic E-state index is -0.648. The van der Waals surface area contributed by atoms with Crippen molar-refractivity contribution in [3.05, 3.63) is 47.3 Å². The summed E-state index contributed by atoms with van der Waals surface area (Å²) in [6, 6.07) is 12.6. The van der Waals surface area contributed by atoms with Crippen LogP contribution in [0.1, 0.15) is 5.56 Å². The van der Waals surface area contributed by atoms with Gasteiger partial charge in [-0.05, 0) is 34.4 Å². The van der Waals surface area contributed by atoms with Gasteiger partial charge in [-0.15, -0.1) is 21.5 Å². The van der Waals surface area contributed by atoms with Crippen LogP contribution in [0.3, 0.4) is 0 Å².